The Morgan fingerprint density at radius 2 is 1.96 bits per heavy atom. The molecule has 4 heterocycles. The number of hydrogen-bond acceptors (Lipinski definition) is 7. The number of rotatable bonds is 3. The zero-order chi connectivity index (χ0) is 16.4. The minimum Gasteiger partial charge on any atom is -0.376 e. The number of hydrogen-bond donors (Lipinski definition) is 1. The summed E-state index contributed by atoms with van der Waals surface area (Å²) in [7, 11) is 0. The van der Waals surface area contributed by atoms with E-state index in [4.69, 9.17) is 4.74 Å². The molecule has 4 rings (SSSR count). The molecule has 0 amide bonds. The molecule has 2 aliphatic rings. The number of piperidine rings is 1. The van der Waals surface area contributed by atoms with Gasteiger partial charge in [-0.15, -0.1) is 0 Å². The zero-order valence-corrected chi connectivity index (χ0v) is 13.9. The fourth-order valence-corrected chi connectivity index (χ4v) is 3.40. The molecule has 1 saturated heterocycles. The second-order valence-electron chi connectivity index (χ2n) is 6.38. The Labute approximate surface area is 141 Å². The average Bonchev–Trinajstić information content (AvgIpc) is 2.62. The van der Waals surface area contributed by atoms with Gasteiger partial charge >= 0.3 is 0 Å². The average molecular weight is 326 g/mol. The lowest BCUT2D eigenvalue weighted by Crippen LogP contribution is -2.40. The fraction of sp³-hybridized carbons (Fsp3) is 0.529. The predicted molar refractivity (Wildman–Crippen MR) is 91.0 cm³/mol. The molecule has 7 nitrogen and oxygen atoms in total. The van der Waals surface area contributed by atoms with E-state index in [0.717, 1.165) is 62.0 Å². The first-order chi connectivity index (χ1) is 11.8. The fourth-order valence-electron chi connectivity index (χ4n) is 3.40. The van der Waals surface area contributed by atoms with Crippen LogP contribution in [0.4, 0.5) is 11.6 Å². The van der Waals surface area contributed by atoms with Crippen LogP contribution in [0.5, 0.6) is 0 Å². The Balaban J connectivity index is 1.41. The van der Waals surface area contributed by atoms with Gasteiger partial charge in [-0.25, -0.2) is 19.9 Å². The Morgan fingerprint density at radius 1 is 1.12 bits per heavy atom. The SMILES string of the molecule is Cc1cc(NC2CCN(c3ncnc4c3COCC4)CC2)ncn1. The van der Waals surface area contributed by atoms with E-state index in [0.29, 0.717) is 12.6 Å². The van der Waals surface area contributed by atoms with E-state index in [-0.39, 0.29) is 0 Å². The summed E-state index contributed by atoms with van der Waals surface area (Å²) in [5.41, 5.74) is 3.29. The summed E-state index contributed by atoms with van der Waals surface area (Å²) >= 11 is 0. The van der Waals surface area contributed by atoms with Crippen LogP contribution in [-0.4, -0.2) is 45.7 Å². The van der Waals surface area contributed by atoms with Gasteiger partial charge in [0.05, 0.1) is 18.9 Å². The van der Waals surface area contributed by atoms with Crippen molar-refractivity contribution in [1.29, 1.82) is 0 Å². The van der Waals surface area contributed by atoms with Gasteiger partial charge < -0.3 is 15.0 Å². The van der Waals surface area contributed by atoms with E-state index in [1.165, 1.54) is 5.56 Å². The van der Waals surface area contributed by atoms with Gasteiger partial charge in [0.2, 0.25) is 0 Å². The highest BCUT2D eigenvalue weighted by Gasteiger charge is 2.25. The zero-order valence-electron chi connectivity index (χ0n) is 13.9. The number of ether oxygens (including phenoxy) is 1. The van der Waals surface area contributed by atoms with Crippen LogP contribution < -0.4 is 10.2 Å². The maximum absolute atomic E-state index is 5.61. The minimum atomic E-state index is 0.435. The lowest BCUT2D eigenvalue weighted by molar-refractivity contribution is 0.109. The van der Waals surface area contributed by atoms with E-state index < -0.39 is 0 Å². The number of nitrogens with one attached hydrogen (secondary N) is 1. The van der Waals surface area contributed by atoms with Crippen molar-refractivity contribution in [1.82, 2.24) is 19.9 Å². The van der Waals surface area contributed by atoms with E-state index in [9.17, 15) is 0 Å². The number of aryl methyl sites for hydroxylation is 1. The molecule has 0 atom stereocenters. The second kappa shape index (κ2) is 6.68. The molecule has 2 aromatic rings. The van der Waals surface area contributed by atoms with Gasteiger partial charge in [0.25, 0.3) is 0 Å². The lowest BCUT2D eigenvalue weighted by atomic mass is 10.0. The van der Waals surface area contributed by atoms with Crippen LogP contribution >= 0.6 is 0 Å². The van der Waals surface area contributed by atoms with Crippen molar-refractivity contribution in [2.24, 2.45) is 0 Å². The monoisotopic (exact) mass is 326 g/mol. The molecule has 0 bridgehead atoms. The summed E-state index contributed by atoms with van der Waals surface area (Å²) in [6, 6.07) is 2.43. The lowest BCUT2D eigenvalue weighted by Gasteiger charge is -2.35. The van der Waals surface area contributed by atoms with Crippen LogP contribution in [0.1, 0.15) is 29.8 Å². The summed E-state index contributed by atoms with van der Waals surface area (Å²) in [5.74, 6) is 1.96. The van der Waals surface area contributed by atoms with Crippen molar-refractivity contribution >= 4 is 11.6 Å². The van der Waals surface area contributed by atoms with Crippen molar-refractivity contribution in [3.8, 4) is 0 Å². The van der Waals surface area contributed by atoms with Gasteiger partial charge in [0.15, 0.2) is 0 Å². The summed E-state index contributed by atoms with van der Waals surface area (Å²) in [6.07, 6.45) is 6.30. The van der Waals surface area contributed by atoms with Crippen molar-refractivity contribution < 1.29 is 4.74 Å². The standard InChI is InChI=1S/C17H22N6O/c1-12-8-16(20-10-18-12)22-13-2-5-23(6-3-13)17-14-9-24-7-4-15(14)19-11-21-17/h8,10-11,13H,2-7,9H2,1H3,(H,18,20,22). The van der Waals surface area contributed by atoms with Crippen molar-refractivity contribution in [3.05, 3.63) is 35.7 Å². The molecule has 24 heavy (non-hydrogen) atoms. The van der Waals surface area contributed by atoms with Gasteiger partial charge in [-0.05, 0) is 19.8 Å². The molecule has 0 radical (unpaired) electrons. The summed E-state index contributed by atoms with van der Waals surface area (Å²) in [5, 5.41) is 3.52. The number of anilines is 2. The van der Waals surface area contributed by atoms with Gasteiger partial charge in [-0.2, -0.15) is 0 Å². The minimum absolute atomic E-state index is 0.435. The van der Waals surface area contributed by atoms with Crippen LogP contribution in [0.15, 0.2) is 18.7 Å². The van der Waals surface area contributed by atoms with Crippen LogP contribution in [0.3, 0.4) is 0 Å². The molecular weight excluding hydrogens is 304 g/mol. The molecule has 1 N–H and O–H groups in total. The van der Waals surface area contributed by atoms with Crippen molar-refractivity contribution in [3.63, 3.8) is 0 Å². The van der Waals surface area contributed by atoms with Crippen LogP contribution in [0, 0.1) is 6.92 Å². The molecule has 7 heteroatoms. The summed E-state index contributed by atoms with van der Waals surface area (Å²) in [6.45, 7) is 5.32. The molecule has 0 unspecified atom stereocenters. The first-order valence-electron chi connectivity index (χ1n) is 8.50. The Hall–Kier alpha value is -2.28. The first kappa shape index (κ1) is 15.3. The van der Waals surface area contributed by atoms with Gasteiger partial charge in [-0.1, -0.05) is 0 Å². The highest BCUT2D eigenvalue weighted by molar-refractivity contribution is 5.49. The third-order valence-electron chi connectivity index (χ3n) is 4.69. The maximum Gasteiger partial charge on any atom is 0.137 e. The smallest absolute Gasteiger partial charge is 0.137 e. The van der Waals surface area contributed by atoms with Crippen molar-refractivity contribution in [2.45, 2.75) is 38.8 Å². The van der Waals surface area contributed by atoms with E-state index >= 15 is 0 Å². The number of fused-ring (bicyclic) bond motifs is 1. The number of aromatic nitrogens is 4. The Bertz CT molecular complexity index is 714. The predicted octanol–water partition coefficient (Wildman–Crippen LogP) is 1.73. The molecule has 2 aromatic heterocycles. The second-order valence-corrected chi connectivity index (χ2v) is 6.38. The Morgan fingerprint density at radius 3 is 2.79 bits per heavy atom. The maximum atomic E-state index is 5.61. The number of nitrogens with zero attached hydrogens (tertiary/aromatic N) is 5. The normalized spacial score (nSPS) is 18.3. The summed E-state index contributed by atoms with van der Waals surface area (Å²) in [4.78, 5) is 19.7. The van der Waals surface area contributed by atoms with Gasteiger partial charge in [0, 0.05) is 42.9 Å². The molecule has 0 aromatic carbocycles. The molecule has 2 aliphatic heterocycles. The van der Waals surface area contributed by atoms with E-state index in [1.54, 1.807) is 12.7 Å². The third kappa shape index (κ3) is 3.17. The molecule has 126 valence electrons. The third-order valence-corrected chi connectivity index (χ3v) is 4.69. The largest absolute Gasteiger partial charge is 0.376 e. The molecular formula is C17H22N6O. The molecule has 1 fully saturated rings. The van der Waals surface area contributed by atoms with Crippen molar-refractivity contribution in [2.75, 3.05) is 29.9 Å². The highest BCUT2D eigenvalue weighted by atomic mass is 16.5. The summed E-state index contributed by atoms with van der Waals surface area (Å²) < 4.78 is 5.61. The van der Waals surface area contributed by atoms with Gasteiger partial charge in [-0.3, -0.25) is 0 Å². The Kier molecular flexibility index (Phi) is 4.25. The van der Waals surface area contributed by atoms with Gasteiger partial charge in [0.1, 0.15) is 24.3 Å². The topological polar surface area (TPSA) is 76.1 Å². The highest BCUT2D eigenvalue weighted by Crippen LogP contribution is 2.27. The van der Waals surface area contributed by atoms with Crippen LogP contribution in [-0.2, 0) is 17.8 Å². The van der Waals surface area contributed by atoms with Crippen LogP contribution in [0.25, 0.3) is 0 Å². The molecule has 0 spiro atoms. The molecule has 0 aliphatic carbocycles. The van der Waals surface area contributed by atoms with Crippen LogP contribution in [0.2, 0.25) is 0 Å². The quantitative estimate of drug-likeness (QED) is 0.920. The van der Waals surface area contributed by atoms with E-state index in [2.05, 4.69) is 30.2 Å². The molecule has 0 saturated carbocycles. The first-order valence-corrected chi connectivity index (χ1v) is 8.50. The van der Waals surface area contributed by atoms with E-state index in [1.807, 2.05) is 13.0 Å².